The first kappa shape index (κ1) is 16.2. The van der Waals surface area contributed by atoms with Crippen LogP contribution in [0.3, 0.4) is 0 Å². The van der Waals surface area contributed by atoms with Gasteiger partial charge in [-0.25, -0.2) is 9.18 Å². The third-order valence-electron chi connectivity index (χ3n) is 2.86. The summed E-state index contributed by atoms with van der Waals surface area (Å²) in [6.45, 7) is 1.42. The molecule has 2 aromatic rings. The van der Waals surface area contributed by atoms with Crippen molar-refractivity contribution in [3.8, 4) is 0 Å². The smallest absolute Gasteiger partial charge is 0.341 e. The van der Waals surface area contributed by atoms with E-state index in [1.165, 1.54) is 25.1 Å². The first-order valence-corrected chi connectivity index (χ1v) is 7.28. The van der Waals surface area contributed by atoms with Crippen LogP contribution in [0.2, 0.25) is 0 Å². The van der Waals surface area contributed by atoms with Crippen LogP contribution in [0.5, 0.6) is 0 Å². The number of carbonyl (C=O) groups excluding carboxylic acids is 2. The van der Waals surface area contributed by atoms with E-state index in [1.807, 2.05) is 0 Å². The van der Waals surface area contributed by atoms with E-state index in [0.29, 0.717) is 5.69 Å². The maximum atomic E-state index is 13.5. The number of amides is 1. The van der Waals surface area contributed by atoms with Crippen molar-refractivity contribution in [3.05, 3.63) is 64.4 Å². The van der Waals surface area contributed by atoms with Crippen LogP contribution in [-0.4, -0.2) is 18.0 Å². The number of rotatable bonds is 4. The van der Waals surface area contributed by atoms with E-state index in [4.69, 9.17) is 4.74 Å². The Hall–Kier alpha value is -2.21. The summed E-state index contributed by atoms with van der Waals surface area (Å²) in [5, 5.41) is 2.61. The zero-order valence-electron chi connectivity index (χ0n) is 11.7. The fraction of sp³-hybridized carbons (Fsp3) is 0.125. The molecule has 4 nitrogen and oxygen atoms in total. The van der Waals surface area contributed by atoms with Crippen molar-refractivity contribution in [3.63, 3.8) is 0 Å². The lowest BCUT2D eigenvalue weighted by Gasteiger charge is -2.13. The van der Waals surface area contributed by atoms with Gasteiger partial charge in [0.15, 0.2) is 6.10 Å². The fourth-order valence-corrected chi connectivity index (χ4v) is 1.95. The van der Waals surface area contributed by atoms with Gasteiger partial charge in [0.25, 0.3) is 5.91 Å². The number of carbonyl (C=O) groups is 2. The molecule has 0 aliphatic carbocycles. The number of benzene rings is 2. The normalized spacial score (nSPS) is 11.6. The minimum absolute atomic E-state index is 0.203. The molecule has 0 saturated carbocycles. The summed E-state index contributed by atoms with van der Waals surface area (Å²) in [5.74, 6) is -2.06. The van der Waals surface area contributed by atoms with Crippen LogP contribution in [0.4, 0.5) is 10.1 Å². The van der Waals surface area contributed by atoms with Crippen molar-refractivity contribution in [2.24, 2.45) is 0 Å². The Morgan fingerprint density at radius 1 is 1.14 bits per heavy atom. The Morgan fingerprint density at radius 2 is 1.77 bits per heavy atom. The van der Waals surface area contributed by atoms with Crippen LogP contribution in [0.15, 0.2) is 53.0 Å². The predicted octanol–water partition coefficient (Wildman–Crippen LogP) is 3.77. The maximum Gasteiger partial charge on any atom is 0.341 e. The second kappa shape index (κ2) is 7.17. The average molecular weight is 366 g/mol. The summed E-state index contributed by atoms with van der Waals surface area (Å²) in [6.07, 6.45) is -1.05. The first-order valence-electron chi connectivity index (χ1n) is 6.49. The first-order chi connectivity index (χ1) is 10.5. The molecule has 0 aliphatic rings. The van der Waals surface area contributed by atoms with E-state index in [1.54, 1.807) is 24.3 Å². The number of ether oxygens (including phenoxy) is 1. The molecule has 2 rings (SSSR count). The molecule has 0 aromatic heterocycles. The molecule has 1 N–H and O–H groups in total. The SMILES string of the molecule is CC(OC(=O)c1ccccc1F)C(=O)Nc1ccc(Br)cc1. The minimum Gasteiger partial charge on any atom is -0.449 e. The van der Waals surface area contributed by atoms with Crippen LogP contribution in [0.1, 0.15) is 17.3 Å². The summed E-state index contributed by atoms with van der Waals surface area (Å²) in [6, 6.07) is 12.4. The maximum absolute atomic E-state index is 13.5. The van der Waals surface area contributed by atoms with Crippen LogP contribution < -0.4 is 5.32 Å². The van der Waals surface area contributed by atoms with Crippen LogP contribution in [0.25, 0.3) is 0 Å². The number of hydrogen-bond donors (Lipinski definition) is 1. The van der Waals surface area contributed by atoms with E-state index in [-0.39, 0.29) is 5.56 Å². The highest BCUT2D eigenvalue weighted by atomic mass is 79.9. The summed E-state index contributed by atoms with van der Waals surface area (Å²) < 4.78 is 19.3. The predicted molar refractivity (Wildman–Crippen MR) is 84.0 cm³/mol. The van der Waals surface area contributed by atoms with E-state index in [2.05, 4.69) is 21.2 Å². The topological polar surface area (TPSA) is 55.4 Å². The van der Waals surface area contributed by atoms with Gasteiger partial charge >= 0.3 is 5.97 Å². The Bertz CT molecular complexity index is 688. The molecule has 1 atom stereocenters. The van der Waals surface area contributed by atoms with E-state index >= 15 is 0 Å². The summed E-state index contributed by atoms with van der Waals surface area (Å²) in [7, 11) is 0. The second-order valence-corrected chi connectivity index (χ2v) is 5.44. The zero-order valence-corrected chi connectivity index (χ0v) is 13.3. The lowest BCUT2D eigenvalue weighted by Crippen LogP contribution is -2.30. The van der Waals surface area contributed by atoms with Crippen LogP contribution in [-0.2, 0) is 9.53 Å². The lowest BCUT2D eigenvalue weighted by atomic mass is 10.2. The molecule has 0 heterocycles. The molecule has 0 saturated heterocycles. The van der Waals surface area contributed by atoms with Crippen molar-refractivity contribution < 1.29 is 18.7 Å². The highest BCUT2D eigenvalue weighted by Gasteiger charge is 2.20. The molecular weight excluding hydrogens is 353 g/mol. The quantitative estimate of drug-likeness (QED) is 0.839. The molecule has 114 valence electrons. The molecule has 1 amide bonds. The molecule has 0 fully saturated rings. The number of anilines is 1. The Morgan fingerprint density at radius 3 is 2.41 bits per heavy atom. The van der Waals surface area contributed by atoms with Gasteiger partial charge in [-0.05, 0) is 43.3 Å². The lowest BCUT2D eigenvalue weighted by molar-refractivity contribution is -0.123. The molecular formula is C16H13BrFNO3. The fourth-order valence-electron chi connectivity index (χ4n) is 1.68. The van der Waals surface area contributed by atoms with Crippen molar-refractivity contribution in [1.82, 2.24) is 0 Å². The van der Waals surface area contributed by atoms with Gasteiger partial charge in [0.1, 0.15) is 5.82 Å². The van der Waals surface area contributed by atoms with E-state index in [0.717, 1.165) is 10.5 Å². The Labute approximate surface area is 135 Å². The number of esters is 1. The van der Waals surface area contributed by atoms with Gasteiger partial charge in [-0.2, -0.15) is 0 Å². The average Bonchev–Trinajstić information content (AvgIpc) is 2.49. The minimum atomic E-state index is -1.05. The largest absolute Gasteiger partial charge is 0.449 e. The third-order valence-corrected chi connectivity index (χ3v) is 3.39. The molecule has 0 spiro atoms. The van der Waals surface area contributed by atoms with Crippen LogP contribution in [0, 0.1) is 5.82 Å². The molecule has 0 bridgehead atoms. The van der Waals surface area contributed by atoms with Gasteiger partial charge in [0.05, 0.1) is 5.56 Å². The second-order valence-electron chi connectivity index (χ2n) is 4.52. The molecule has 22 heavy (non-hydrogen) atoms. The van der Waals surface area contributed by atoms with Gasteiger partial charge in [-0.1, -0.05) is 28.1 Å². The molecule has 2 aromatic carbocycles. The van der Waals surface area contributed by atoms with Crippen molar-refractivity contribution in [2.45, 2.75) is 13.0 Å². The van der Waals surface area contributed by atoms with Crippen molar-refractivity contribution >= 4 is 33.5 Å². The van der Waals surface area contributed by atoms with Crippen molar-refractivity contribution in [1.29, 1.82) is 0 Å². The number of hydrogen-bond acceptors (Lipinski definition) is 3. The summed E-state index contributed by atoms with van der Waals surface area (Å²) in [4.78, 5) is 23.8. The van der Waals surface area contributed by atoms with Gasteiger partial charge in [0.2, 0.25) is 0 Å². The molecule has 0 aliphatic heterocycles. The molecule has 1 unspecified atom stereocenters. The van der Waals surface area contributed by atoms with Gasteiger partial charge in [-0.15, -0.1) is 0 Å². The van der Waals surface area contributed by atoms with E-state index < -0.39 is 23.8 Å². The van der Waals surface area contributed by atoms with Gasteiger partial charge in [0, 0.05) is 10.2 Å². The van der Waals surface area contributed by atoms with Crippen LogP contribution >= 0.6 is 15.9 Å². The number of halogens is 2. The monoisotopic (exact) mass is 365 g/mol. The summed E-state index contributed by atoms with van der Waals surface area (Å²) in [5.41, 5.74) is 0.368. The Kier molecular flexibility index (Phi) is 5.27. The third kappa shape index (κ3) is 4.14. The van der Waals surface area contributed by atoms with Gasteiger partial charge < -0.3 is 10.1 Å². The van der Waals surface area contributed by atoms with Crippen molar-refractivity contribution in [2.75, 3.05) is 5.32 Å². The van der Waals surface area contributed by atoms with Gasteiger partial charge in [-0.3, -0.25) is 4.79 Å². The summed E-state index contributed by atoms with van der Waals surface area (Å²) >= 11 is 3.29. The Balaban J connectivity index is 1.98. The molecule has 6 heteroatoms. The molecule has 0 radical (unpaired) electrons. The highest BCUT2D eigenvalue weighted by molar-refractivity contribution is 9.10. The standard InChI is InChI=1S/C16H13BrFNO3/c1-10(15(20)19-12-8-6-11(17)7-9-12)22-16(21)13-4-2-3-5-14(13)18/h2-10H,1H3,(H,19,20). The highest BCUT2D eigenvalue weighted by Crippen LogP contribution is 2.15. The number of nitrogens with one attached hydrogen (secondary N) is 1. The van der Waals surface area contributed by atoms with E-state index in [9.17, 15) is 14.0 Å². The zero-order chi connectivity index (χ0) is 16.1.